The molecule has 0 aliphatic rings. The van der Waals surface area contributed by atoms with E-state index in [0.29, 0.717) is 23.5 Å². The lowest BCUT2D eigenvalue weighted by Gasteiger charge is -2.26. The van der Waals surface area contributed by atoms with Gasteiger partial charge in [-0.2, -0.15) is 0 Å². The Kier molecular flexibility index (Phi) is 7.61. The van der Waals surface area contributed by atoms with Crippen LogP contribution in [0.15, 0.2) is 36.4 Å². The first-order valence-corrected chi connectivity index (χ1v) is 11.6. The molecule has 0 atom stereocenters. The summed E-state index contributed by atoms with van der Waals surface area (Å²) in [5.41, 5.74) is 3.70. The summed E-state index contributed by atoms with van der Waals surface area (Å²) in [6.07, 6.45) is 1.87. The number of rotatable bonds is 8. The number of hydrogen-bond acceptors (Lipinski definition) is 4. The van der Waals surface area contributed by atoms with Crippen molar-refractivity contribution in [2.75, 3.05) is 29.0 Å². The van der Waals surface area contributed by atoms with Crippen LogP contribution < -0.4 is 14.9 Å². The van der Waals surface area contributed by atoms with Crippen molar-refractivity contribution in [1.82, 2.24) is 5.32 Å². The van der Waals surface area contributed by atoms with Crippen molar-refractivity contribution in [3.05, 3.63) is 58.7 Å². The highest BCUT2D eigenvalue weighted by Gasteiger charge is 2.25. The third kappa shape index (κ3) is 5.82. The van der Waals surface area contributed by atoms with Crippen LogP contribution in [0.2, 0.25) is 0 Å². The van der Waals surface area contributed by atoms with E-state index in [1.165, 1.54) is 0 Å². The molecule has 30 heavy (non-hydrogen) atoms. The number of carbonyl (C=O) groups is 2. The van der Waals surface area contributed by atoms with Crippen molar-refractivity contribution in [2.24, 2.45) is 0 Å². The minimum atomic E-state index is -3.71. The molecule has 0 fully saturated rings. The van der Waals surface area contributed by atoms with Crippen LogP contribution in [0.4, 0.5) is 11.4 Å². The number of carbonyl (C=O) groups excluding carboxylic acids is 2. The number of anilines is 2. The lowest BCUT2D eigenvalue weighted by atomic mass is 10.1. The highest BCUT2D eigenvalue weighted by Crippen LogP contribution is 2.28. The van der Waals surface area contributed by atoms with E-state index in [2.05, 4.69) is 10.6 Å². The molecule has 0 unspecified atom stereocenters. The maximum Gasteiger partial charge on any atom is 0.253 e. The van der Waals surface area contributed by atoms with Crippen LogP contribution in [-0.2, 0) is 14.8 Å². The third-order valence-electron chi connectivity index (χ3n) is 4.55. The summed E-state index contributed by atoms with van der Waals surface area (Å²) < 4.78 is 26.1. The first kappa shape index (κ1) is 23.4. The van der Waals surface area contributed by atoms with Crippen molar-refractivity contribution in [3.8, 4) is 0 Å². The molecule has 0 spiro atoms. The van der Waals surface area contributed by atoms with E-state index < -0.39 is 22.5 Å². The molecular formula is C22H29N3O4S. The van der Waals surface area contributed by atoms with Gasteiger partial charge in [-0.15, -0.1) is 0 Å². The number of nitrogens with one attached hydrogen (secondary N) is 2. The molecule has 162 valence electrons. The van der Waals surface area contributed by atoms with E-state index >= 15 is 0 Å². The fraction of sp³-hybridized carbons (Fsp3) is 0.364. The first-order chi connectivity index (χ1) is 14.0. The Morgan fingerprint density at radius 3 is 2.20 bits per heavy atom. The lowest BCUT2D eigenvalue weighted by Crippen LogP contribution is -2.38. The van der Waals surface area contributed by atoms with Gasteiger partial charge in [-0.25, -0.2) is 8.42 Å². The third-order valence-corrected chi connectivity index (χ3v) is 5.67. The lowest BCUT2D eigenvalue weighted by molar-refractivity contribution is -0.114. The average molecular weight is 432 g/mol. The molecule has 0 radical (unpaired) electrons. The molecule has 0 bridgehead atoms. The highest BCUT2D eigenvalue weighted by atomic mass is 32.2. The second-order valence-corrected chi connectivity index (χ2v) is 9.27. The Bertz CT molecular complexity index is 1030. The normalized spacial score (nSPS) is 11.1. The van der Waals surface area contributed by atoms with E-state index in [1.54, 1.807) is 24.3 Å². The topological polar surface area (TPSA) is 95.6 Å². The Morgan fingerprint density at radius 1 is 1.03 bits per heavy atom. The van der Waals surface area contributed by atoms with Crippen molar-refractivity contribution in [2.45, 2.75) is 34.1 Å². The summed E-state index contributed by atoms with van der Waals surface area (Å²) in [6, 6.07) is 10.4. The largest absolute Gasteiger partial charge is 0.352 e. The van der Waals surface area contributed by atoms with Crippen molar-refractivity contribution < 1.29 is 18.0 Å². The van der Waals surface area contributed by atoms with Gasteiger partial charge < -0.3 is 10.6 Å². The highest BCUT2D eigenvalue weighted by molar-refractivity contribution is 7.92. The van der Waals surface area contributed by atoms with E-state index in [0.717, 1.165) is 33.7 Å². The summed E-state index contributed by atoms with van der Waals surface area (Å²) in [6.45, 7) is 7.64. The maximum absolute atomic E-state index is 12.8. The smallest absolute Gasteiger partial charge is 0.253 e. The maximum atomic E-state index is 12.8. The zero-order valence-electron chi connectivity index (χ0n) is 18.1. The van der Waals surface area contributed by atoms with E-state index in [4.69, 9.17) is 0 Å². The number of sulfonamides is 1. The van der Waals surface area contributed by atoms with Crippen LogP contribution in [-0.4, -0.2) is 39.6 Å². The number of aryl methyl sites for hydroxylation is 3. The quantitative estimate of drug-likeness (QED) is 0.671. The summed E-state index contributed by atoms with van der Waals surface area (Å²) in [5.74, 6) is -0.825. The number of nitrogens with zero attached hydrogens (tertiary/aromatic N) is 1. The summed E-state index contributed by atoms with van der Waals surface area (Å²) in [4.78, 5) is 25.1. The number of amides is 2. The molecular weight excluding hydrogens is 402 g/mol. The van der Waals surface area contributed by atoms with Crippen molar-refractivity contribution >= 4 is 33.2 Å². The van der Waals surface area contributed by atoms with Gasteiger partial charge in [0.25, 0.3) is 5.91 Å². The minimum absolute atomic E-state index is 0.294. The fourth-order valence-electron chi connectivity index (χ4n) is 3.37. The van der Waals surface area contributed by atoms with Gasteiger partial charge in [-0.05, 0) is 50.5 Å². The zero-order chi connectivity index (χ0) is 22.5. The minimum Gasteiger partial charge on any atom is -0.352 e. The SMILES string of the molecule is CCCNC(=O)c1ccccc1NC(=O)CN(c1c(C)cc(C)cc1C)S(C)(=O)=O. The van der Waals surface area contributed by atoms with Crippen LogP contribution in [0.5, 0.6) is 0 Å². The fourth-order valence-corrected chi connectivity index (χ4v) is 4.34. The summed E-state index contributed by atoms with van der Waals surface area (Å²) in [5, 5.41) is 5.46. The first-order valence-electron chi connectivity index (χ1n) is 9.77. The molecule has 0 saturated heterocycles. The van der Waals surface area contributed by atoms with Crippen LogP contribution in [0.25, 0.3) is 0 Å². The van der Waals surface area contributed by atoms with Gasteiger partial charge >= 0.3 is 0 Å². The van der Waals surface area contributed by atoms with Gasteiger partial charge in [0.2, 0.25) is 15.9 Å². The monoisotopic (exact) mass is 431 g/mol. The predicted octanol–water partition coefficient (Wildman–Crippen LogP) is 3.16. The second kappa shape index (κ2) is 9.75. The van der Waals surface area contributed by atoms with Crippen molar-refractivity contribution in [3.63, 3.8) is 0 Å². The number of hydrogen-bond donors (Lipinski definition) is 2. The van der Waals surface area contributed by atoms with Crippen molar-refractivity contribution in [1.29, 1.82) is 0 Å². The van der Waals surface area contributed by atoms with Crippen LogP contribution in [0.3, 0.4) is 0 Å². The molecule has 0 aromatic heterocycles. The Balaban J connectivity index is 2.31. The number of para-hydroxylation sites is 1. The Labute approximate surface area is 178 Å². The summed E-state index contributed by atoms with van der Waals surface area (Å²) in [7, 11) is -3.71. The molecule has 2 rings (SSSR count). The molecule has 8 heteroatoms. The van der Waals surface area contributed by atoms with Gasteiger partial charge in [0.15, 0.2) is 0 Å². The molecule has 0 heterocycles. The molecule has 0 aliphatic heterocycles. The van der Waals surface area contributed by atoms with Crippen LogP contribution in [0, 0.1) is 20.8 Å². The van der Waals surface area contributed by atoms with Crippen LogP contribution >= 0.6 is 0 Å². The zero-order valence-corrected chi connectivity index (χ0v) is 18.9. The molecule has 0 aliphatic carbocycles. The predicted molar refractivity (Wildman–Crippen MR) is 121 cm³/mol. The second-order valence-electron chi connectivity index (χ2n) is 7.37. The molecule has 2 aromatic rings. The van der Waals surface area contributed by atoms with Gasteiger partial charge in [0.05, 0.1) is 23.2 Å². The molecule has 2 aromatic carbocycles. The Hall–Kier alpha value is -2.87. The van der Waals surface area contributed by atoms with Gasteiger partial charge in [-0.1, -0.05) is 36.8 Å². The molecule has 2 N–H and O–H groups in total. The standard InChI is InChI=1S/C22H29N3O4S/c1-6-11-23-22(27)18-9-7-8-10-19(18)24-20(26)14-25(30(5,28)29)21-16(3)12-15(2)13-17(21)4/h7-10,12-13H,6,11,14H2,1-5H3,(H,23,27)(H,24,26). The van der Waals surface area contributed by atoms with Gasteiger partial charge in [0, 0.05) is 6.54 Å². The molecule has 2 amide bonds. The number of benzene rings is 2. The average Bonchev–Trinajstić information content (AvgIpc) is 2.64. The van der Waals surface area contributed by atoms with Gasteiger partial charge in [0.1, 0.15) is 6.54 Å². The molecule has 7 nitrogen and oxygen atoms in total. The summed E-state index contributed by atoms with van der Waals surface area (Å²) >= 11 is 0. The Morgan fingerprint density at radius 2 is 1.63 bits per heavy atom. The van der Waals surface area contributed by atoms with E-state index in [9.17, 15) is 18.0 Å². The van der Waals surface area contributed by atoms with E-state index in [1.807, 2.05) is 39.8 Å². The molecule has 0 saturated carbocycles. The van der Waals surface area contributed by atoms with E-state index in [-0.39, 0.29) is 5.91 Å². The van der Waals surface area contributed by atoms with Crippen LogP contribution in [0.1, 0.15) is 40.4 Å². The van der Waals surface area contributed by atoms with Gasteiger partial charge in [-0.3, -0.25) is 13.9 Å².